The van der Waals surface area contributed by atoms with Gasteiger partial charge in [0.1, 0.15) is 0 Å². The number of amides is 1. The van der Waals surface area contributed by atoms with Crippen molar-refractivity contribution in [2.75, 3.05) is 25.9 Å². The quantitative estimate of drug-likeness (QED) is 0.802. The molecule has 2 atom stereocenters. The van der Waals surface area contributed by atoms with Crippen LogP contribution in [0, 0.1) is 0 Å². The highest BCUT2D eigenvalue weighted by molar-refractivity contribution is 6.33. The van der Waals surface area contributed by atoms with E-state index in [0.717, 1.165) is 13.1 Å². The first-order valence-corrected chi connectivity index (χ1v) is 6.84. The largest absolute Gasteiger partial charge is 0.398 e. The third-order valence-corrected chi connectivity index (χ3v) is 4.23. The van der Waals surface area contributed by atoms with Crippen LogP contribution in [0.25, 0.3) is 0 Å². The molecule has 0 saturated carbocycles. The van der Waals surface area contributed by atoms with Gasteiger partial charge in [-0.05, 0) is 39.1 Å². The van der Waals surface area contributed by atoms with Crippen molar-refractivity contribution in [1.29, 1.82) is 0 Å². The fraction of sp³-hybridized carbons (Fsp3) is 0.500. The van der Waals surface area contributed by atoms with Crippen LogP contribution in [0.15, 0.2) is 18.2 Å². The van der Waals surface area contributed by atoms with Gasteiger partial charge in [-0.1, -0.05) is 11.6 Å². The topological polar surface area (TPSA) is 49.6 Å². The van der Waals surface area contributed by atoms with Gasteiger partial charge in [0.2, 0.25) is 0 Å². The van der Waals surface area contributed by atoms with Crippen molar-refractivity contribution in [2.45, 2.75) is 25.9 Å². The van der Waals surface area contributed by atoms with E-state index in [2.05, 4.69) is 25.8 Å². The average Bonchev–Trinajstić information content (AvgIpc) is 2.37. The van der Waals surface area contributed by atoms with Gasteiger partial charge in [0, 0.05) is 30.7 Å². The summed E-state index contributed by atoms with van der Waals surface area (Å²) in [7, 11) is 2.09. The van der Waals surface area contributed by atoms with Crippen molar-refractivity contribution in [3.8, 4) is 0 Å². The van der Waals surface area contributed by atoms with E-state index in [4.69, 9.17) is 17.3 Å². The van der Waals surface area contributed by atoms with Crippen LogP contribution in [-0.4, -0.2) is 47.9 Å². The smallest absolute Gasteiger partial charge is 0.254 e. The van der Waals surface area contributed by atoms with Gasteiger partial charge < -0.3 is 10.6 Å². The molecule has 1 aliphatic heterocycles. The first kappa shape index (κ1) is 14.2. The molecule has 0 aliphatic carbocycles. The summed E-state index contributed by atoms with van der Waals surface area (Å²) >= 11 is 5.88. The van der Waals surface area contributed by atoms with Crippen LogP contribution in [-0.2, 0) is 0 Å². The molecular formula is C14H20ClN3O. The zero-order valence-corrected chi connectivity index (χ0v) is 12.3. The van der Waals surface area contributed by atoms with Crippen LogP contribution in [0.3, 0.4) is 0 Å². The molecule has 2 N–H and O–H groups in total. The van der Waals surface area contributed by atoms with Gasteiger partial charge in [-0.2, -0.15) is 0 Å². The molecule has 1 fully saturated rings. The molecule has 2 rings (SSSR count). The minimum atomic E-state index is 0.0233. The monoisotopic (exact) mass is 281 g/mol. The first-order valence-electron chi connectivity index (χ1n) is 6.46. The number of likely N-dealkylation sites (N-methyl/N-ethyl adjacent to an activating group) is 1. The highest BCUT2D eigenvalue weighted by Crippen LogP contribution is 2.22. The number of anilines is 1. The molecule has 2 unspecified atom stereocenters. The molecule has 0 bridgehead atoms. The standard InChI is InChI=1S/C14H20ClN3O/c1-9-7-18(8-10(2)17(9)3)14(19)11-4-5-12(15)13(16)6-11/h4-6,9-10H,7-8,16H2,1-3H3. The maximum absolute atomic E-state index is 12.5. The number of nitrogens with two attached hydrogens (primary N) is 1. The highest BCUT2D eigenvalue weighted by atomic mass is 35.5. The maximum atomic E-state index is 12.5. The lowest BCUT2D eigenvalue weighted by atomic mass is 10.1. The molecule has 4 nitrogen and oxygen atoms in total. The minimum Gasteiger partial charge on any atom is -0.398 e. The number of halogens is 1. The number of benzene rings is 1. The number of piperazine rings is 1. The number of hydrogen-bond acceptors (Lipinski definition) is 3. The minimum absolute atomic E-state index is 0.0233. The van der Waals surface area contributed by atoms with E-state index in [-0.39, 0.29) is 5.91 Å². The summed E-state index contributed by atoms with van der Waals surface area (Å²) in [6, 6.07) is 5.77. The summed E-state index contributed by atoms with van der Waals surface area (Å²) in [5, 5.41) is 0.483. The van der Waals surface area contributed by atoms with Crippen molar-refractivity contribution < 1.29 is 4.79 Å². The molecule has 0 aromatic heterocycles. The summed E-state index contributed by atoms with van der Waals surface area (Å²) in [6.07, 6.45) is 0. The molecular weight excluding hydrogens is 262 g/mol. The lowest BCUT2D eigenvalue weighted by Gasteiger charge is -2.42. The molecule has 1 aromatic carbocycles. The number of carbonyl (C=O) groups is 1. The lowest BCUT2D eigenvalue weighted by Crippen LogP contribution is -2.56. The predicted octanol–water partition coefficient (Wildman–Crippen LogP) is 2.09. The van der Waals surface area contributed by atoms with E-state index >= 15 is 0 Å². The number of hydrogen-bond donors (Lipinski definition) is 1. The zero-order valence-electron chi connectivity index (χ0n) is 11.6. The summed E-state index contributed by atoms with van der Waals surface area (Å²) < 4.78 is 0. The fourth-order valence-electron chi connectivity index (χ4n) is 2.43. The Labute approximate surface area is 119 Å². The highest BCUT2D eigenvalue weighted by Gasteiger charge is 2.29. The Morgan fingerprint density at radius 2 is 1.89 bits per heavy atom. The zero-order chi connectivity index (χ0) is 14.2. The maximum Gasteiger partial charge on any atom is 0.254 e. The molecule has 19 heavy (non-hydrogen) atoms. The summed E-state index contributed by atoms with van der Waals surface area (Å²) in [5.74, 6) is 0.0233. The van der Waals surface area contributed by atoms with Gasteiger partial charge in [0.15, 0.2) is 0 Å². The van der Waals surface area contributed by atoms with Crippen molar-refractivity contribution >= 4 is 23.2 Å². The molecule has 0 spiro atoms. The van der Waals surface area contributed by atoms with E-state index < -0.39 is 0 Å². The Hall–Kier alpha value is -1.26. The van der Waals surface area contributed by atoms with Gasteiger partial charge in [-0.15, -0.1) is 0 Å². The van der Waals surface area contributed by atoms with Gasteiger partial charge in [-0.25, -0.2) is 0 Å². The third kappa shape index (κ3) is 2.85. The second-order valence-corrected chi connectivity index (χ2v) is 5.72. The van der Waals surface area contributed by atoms with Gasteiger partial charge in [0.05, 0.1) is 10.7 Å². The van der Waals surface area contributed by atoms with Crippen molar-refractivity contribution in [3.63, 3.8) is 0 Å². The molecule has 1 aliphatic rings. The molecule has 1 amide bonds. The van der Waals surface area contributed by atoms with E-state index in [1.54, 1.807) is 18.2 Å². The fourth-order valence-corrected chi connectivity index (χ4v) is 2.55. The number of nitrogens with zero attached hydrogens (tertiary/aromatic N) is 2. The molecule has 1 heterocycles. The Morgan fingerprint density at radius 1 is 1.32 bits per heavy atom. The van der Waals surface area contributed by atoms with E-state index in [1.165, 1.54) is 0 Å². The molecule has 1 saturated heterocycles. The number of carbonyl (C=O) groups excluding carboxylic acids is 1. The van der Waals surface area contributed by atoms with Gasteiger partial charge in [0.25, 0.3) is 5.91 Å². The molecule has 1 aromatic rings. The summed E-state index contributed by atoms with van der Waals surface area (Å²) in [4.78, 5) is 16.6. The molecule has 104 valence electrons. The summed E-state index contributed by atoms with van der Waals surface area (Å²) in [5.41, 5.74) is 6.80. The Balaban J connectivity index is 2.17. The van der Waals surface area contributed by atoms with Crippen LogP contribution < -0.4 is 5.73 Å². The SMILES string of the molecule is CC1CN(C(=O)c2ccc(Cl)c(N)c2)CC(C)N1C. The first-order chi connectivity index (χ1) is 8.90. The second kappa shape index (κ2) is 5.39. The Morgan fingerprint density at radius 3 is 2.42 bits per heavy atom. The summed E-state index contributed by atoms with van der Waals surface area (Å²) in [6.45, 7) is 5.74. The van der Waals surface area contributed by atoms with Crippen LogP contribution >= 0.6 is 11.6 Å². The second-order valence-electron chi connectivity index (χ2n) is 5.31. The predicted molar refractivity (Wildman–Crippen MR) is 78.5 cm³/mol. The number of rotatable bonds is 1. The van der Waals surface area contributed by atoms with Crippen LogP contribution in [0.1, 0.15) is 24.2 Å². The van der Waals surface area contributed by atoms with E-state index in [9.17, 15) is 4.79 Å². The van der Waals surface area contributed by atoms with Crippen molar-refractivity contribution in [2.24, 2.45) is 0 Å². The van der Waals surface area contributed by atoms with Crippen molar-refractivity contribution in [1.82, 2.24) is 9.80 Å². The van der Waals surface area contributed by atoms with Crippen LogP contribution in [0.2, 0.25) is 5.02 Å². The van der Waals surface area contributed by atoms with E-state index in [1.807, 2.05) is 4.90 Å². The third-order valence-electron chi connectivity index (χ3n) is 3.89. The van der Waals surface area contributed by atoms with Gasteiger partial charge >= 0.3 is 0 Å². The van der Waals surface area contributed by atoms with Crippen LogP contribution in [0.5, 0.6) is 0 Å². The lowest BCUT2D eigenvalue weighted by molar-refractivity contribution is 0.0414. The van der Waals surface area contributed by atoms with Crippen LogP contribution in [0.4, 0.5) is 5.69 Å². The Bertz CT molecular complexity index is 480. The Kier molecular flexibility index (Phi) is 4.02. The van der Waals surface area contributed by atoms with Crippen molar-refractivity contribution in [3.05, 3.63) is 28.8 Å². The number of nitrogen functional groups attached to an aromatic ring is 1. The molecule has 0 radical (unpaired) electrons. The average molecular weight is 282 g/mol. The van der Waals surface area contributed by atoms with Gasteiger partial charge in [-0.3, -0.25) is 9.69 Å². The normalized spacial score (nSPS) is 24.5. The van der Waals surface area contributed by atoms with E-state index in [0.29, 0.717) is 28.4 Å². The molecule has 5 heteroatoms.